The summed E-state index contributed by atoms with van der Waals surface area (Å²) in [4.78, 5) is 20.8. The lowest BCUT2D eigenvalue weighted by atomic mass is 9.98. The van der Waals surface area contributed by atoms with E-state index >= 15 is 0 Å². The number of alkyl halides is 3. The Bertz CT molecular complexity index is 1490. The van der Waals surface area contributed by atoms with Crippen molar-refractivity contribution in [2.75, 3.05) is 42.2 Å². The minimum atomic E-state index is -4.63. The summed E-state index contributed by atoms with van der Waals surface area (Å²) in [6.45, 7) is 3.46. The molecule has 0 bridgehead atoms. The molecule has 1 saturated heterocycles. The smallest absolute Gasteiger partial charge is 0.368 e. The number of para-hydroxylation sites is 1. The van der Waals surface area contributed by atoms with Gasteiger partial charge in [0.1, 0.15) is 22.7 Å². The molecule has 4 rings (SSSR count). The number of nitrogens with two attached hydrogens (primary N) is 1. The van der Waals surface area contributed by atoms with Gasteiger partial charge in [0.25, 0.3) is 0 Å². The number of amides is 1. The van der Waals surface area contributed by atoms with Crippen molar-refractivity contribution in [1.29, 1.82) is 0 Å². The predicted molar refractivity (Wildman–Crippen MR) is 149 cm³/mol. The van der Waals surface area contributed by atoms with Crippen LogP contribution in [0.2, 0.25) is 0 Å². The highest BCUT2D eigenvalue weighted by Gasteiger charge is 2.34. The maximum atomic E-state index is 14.6. The number of carbonyl (C=O) groups is 1. The van der Waals surface area contributed by atoms with Crippen molar-refractivity contribution in [1.82, 2.24) is 10.3 Å². The Hall–Kier alpha value is -3.71. The Morgan fingerprint density at radius 2 is 1.66 bits per heavy atom. The van der Waals surface area contributed by atoms with Crippen LogP contribution in [0.15, 0.2) is 60.7 Å². The third-order valence-electron chi connectivity index (χ3n) is 7.09. The summed E-state index contributed by atoms with van der Waals surface area (Å²) in [6, 6.07) is 15.6. The van der Waals surface area contributed by atoms with Crippen LogP contribution in [0, 0.1) is 5.82 Å². The number of aromatic nitrogens is 1. The number of sulfone groups is 1. The van der Waals surface area contributed by atoms with Crippen LogP contribution >= 0.6 is 0 Å². The van der Waals surface area contributed by atoms with Crippen LogP contribution in [0.3, 0.4) is 0 Å². The standard InChI is InChI=1S/C28H31F4N5O3S/c1-18(19-8-10-22(23(29)16-19)25(33)41(2,39)40)27(38)34-17-20-9-11-24(28(30,31)32)35-26(20)37-14-12-36(13-15-37)21-6-4-3-5-7-21/h3-11,16,18,25H,12-15,17,33H2,1-2H3,(H,34,38). The van der Waals surface area contributed by atoms with E-state index in [1.54, 1.807) is 4.90 Å². The van der Waals surface area contributed by atoms with Gasteiger partial charge in [0.05, 0.1) is 5.92 Å². The third kappa shape index (κ3) is 7.14. The van der Waals surface area contributed by atoms with Gasteiger partial charge in [-0.15, -0.1) is 0 Å². The van der Waals surface area contributed by atoms with E-state index in [0.717, 1.165) is 24.1 Å². The number of benzene rings is 2. The van der Waals surface area contributed by atoms with Crippen molar-refractivity contribution in [2.45, 2.75) is 30.9 Å². The number of anilines is 2. The molecule has 1 aliphatic rings. The molecule has 1 aliphatic heterocycles. The van der Waals surface area contributed by atoms with Crippen molar-refractivity contribution in [2.24, 2.45) is 5.73 Å². The Morgan fingerprint density at radius 3 is 2.24 bits per heavy atom. The Labute approximate surface area is 236 Å². The molecule has 1 aromatic heterocycles. The first kappa shape index (κ1) is 30.3. The Balaban J connectivity index is 1.49. The summed E-state index contributed by atoms with van der Waals surface area (Å²) in [5, 5.41) is 1.17. The maximum Gasteiger partial charge on any atom is 0.433 e. The molecule has 2 heterocycles. The lowest BCUT2D eigenvalue weighted by Gasteiger charge is -2.37. The summed E-state index contributed by atoms with van der Waals surface area (Å²) in [6.07, 6.45) is -3.73. The molecule has 2 unspecified atom stereocenters. The zero-order valence-electron chi connectivity index (χ0n) is 22.5. The highest BCUT2D eigenvalue weighted by Crippen LogP contribution is 2.32. The van der Waals surface area contributed by atoms with E-state index in [0.29, 0.717) is 31.7 Å². The molecule has 13 heteroatoms. The monoisotopic (exact) mass is 593 g/mol. The van der Waals surface area contributed by atoms with E-state index in [-0.39, 0.29) is 23.5 Å². The fraction of sp³-hybridized carbons (Fsp3) is 0.357. The zero-order valence-corrected chi connectivity index (χ0v) is 23.3. The van der Waals surface area contributed by atoms with Gasteiger partial charge in [-0.1, -0.05) is 36.4 Å². The summed E-state index contributed by atoms with van der Waals surface area (Å²) in [5.74, 6) is -2.05. The second-order valence-electron chi connectivity index (χ2n) is 9.96. The first-order valence-electron chi connectivity index (χ1n) is 12.9. The molecular weight excluding hydrogens is 562 g/mol. The van der Waals surface area contributed by atoms with Gasteiger partial charge in [0, 0.05) is 55.8 Å². The van der Waals surface area contributed by atoms with Gasteiger partial charge in [-0.05, 0) is 36.8 Å². The summed E-state index contributed by atoms with van der Waals surface area (Å²) < 4.78 is 78.6. The fourth-order valence-corrected chi connectivity index (χ4v) is 5.28. The molecule has 0 aliphatic carbocycles. The largest absolute Gasteiger partial charge is 0.433 e. The SMILES string of the molecule is CC(C(=O)NCc1ccc(C(F)(F)F)nc1N1CCN(c2ccccc2)CC1)c1ccc(C(N)S(C)(=O)=O)c(F)c1. The van der Waals surface area contributed by atoms with Crippen molar-refractivity contribution in [3.8, 4) is 0 Å². The second-order valence-corrected chi connectivity index (χ2v) is 12.1. The molecule has 0 radical (unpaired) electrons. The second kappa shape index (κ2) is 12.0. The van der Waals surface area contributed by atoms with Crippen molar-refractivity contribution >= 4 is 27.2 Å². The van der Waals surface area contributed by atoms with Gasteiger partial charge in [-0.2, -0.15) is 13.2 Å². The fourth-order valence-electron chi connectivity index (χ4n) is 4.62. The number of halogens is 4. The van der Waals surface area contributed by atoms with Crippen molar-refractivity contribution in [3.05, 3.63) is 88.9 Å². The topological polar surface area (TPSA) is 109 Å². The Morgan fingerprint density at radius 1 is 1.02 bits per heavy atom. The van der Waals surface area contributed by atoms with E-state index in [9.17, 15) is 30.8 Å². The normalized spacial score (nSPS) is 15.9. The number of carbonyl (C=O) groups excluding carboxylic acids is 1. The van der Waals surface area contributed by atoms with Crippen LogP contribution < -0.4 is 20.9 Å². The first-order chi connectivity index (χ1) is 19.3. The number of hydrogen-bond acceptors (Lipinski definition) is 7. The number of nitrogens with one attached hydrogen (secondary N) is 1. The minimum absolute atomic E-state index is 0.0952. The van der Waals surface area contributed by atoms with Crippen LogP contribution in [0.25, 0.3) is 0 Å². The number of rotatable bonds is 8. The summed E-state index contributed by atoms with van der Waals surface area (Å²) >= 11 is 0. The summed E-state index contributed by atoms with van der Waals surface area (Å²) in [7, 11) is -3.73. The van der Waals surface area contributed by atoms with Crippen LogP contribution in [0.4, 0.5) is 29.1 Å². The van der Waals surface area contributed by atoms with Crippen LogP contribution in [0.5, 0.6) is 0 Å². The van der Waals surface area contributed by atoms with Gasteiger partial charge in [-0.25, -0.2) is 17.8 Å². The van der Waals surface area contributed by atoms with Crippen LogP contribution in [0.1, 0.15) is 40.6 Å². The van der Waals surface area contributed by atoms with E-state index in [4.69, 9.17) is 5.73 Å². The average Bonchev–Trinajstić information content (AvgIpc) is 2.94. The van der Waals surface area contributed by atoms with E-state index < -0.39 is 44.7 Å². The molecule has 3 aromatic rings. The van der Waals surface area contributed by atoms with E-state index in [1.165, 1.54) is 25.1 Å². The molecule has 220 valence electrons. The molecule has 3 N–H and O–H groups in total. The molecule has 41 heavy (non-hydrogen) atoms. The molecule has 0 spiro atoms. The lowest BCUT2D eigenvalue weighted by molar-refractivity contribution is -0.141. The average molecular weight is 594 g/mol. The van der Waals surface area contributed by atoms with Gasteiger partial charge in [0.15, 0.2) is 9.84 Å². The van der Waals surface area contributed by atoms with Crippen molar-refractivity contribution < 1.29 is 30.8 Å². The van der Waals surface area contributed by atoms with E-state index in [1.807, 2.05) is 30.3 Å². The molecular formula is C28H31F4N5O3S. The Kier molecular flexibility index (Phi) is 8.88. The molecule has 1 fully saturated rings. The van der Waals surface area contributed by atoms with Crippen LogP contribution in [-0.2, 0) is 27.4 Å². The first-order valence-corrected chi connectivity index (χ1v) is 14.8. The van der Waals surface area contributed by atoms with Gasteiger partial charge in [0.2, 0.25) is 5.91 Å². The molecule has 2 aromatic carbocycles. The zero-order chi connectivity index (χ0) is 29.9. The summed E-state index contributed by atoms with van der Waals surface area (Å²) in [5.41, 5.74) is 6.11. The number of nitrogens with zero attached hydrogens (tertiary/aromatic N) is 3. The molecule has 8 nitrogen and oxygen atoms in total. The highest BCUT2D eigenvalue weighted by atomic mass is 32.2. The molecule has 2 atom stereocenters. The quantitative estimate of drug-likeness (QED) is 0.381. The van der Waals surface area contributed by atoms with Crippen LogP contribution in [-0.4, -0.2) is 51.7 Å². The van der Waals surface area contributed by atoms with Gasteiger partial charge >= 0.3 is 6.18 Å². The highest BCUT2D eigenvalue weighted by molar-refractivity contribution is 7.90. The number of pyridine rings is 1. The molecule has 1 amide bonds. The predicted octanol–water partition coefficient (Wildman–Crippen LogP) is 3.99. The number of hydrogen-bond donors (Lipinski definition) is 2. The van der Waals surface area contributed by atoms with E-state index in [2.05, 4.69) is 15.2 Å². The number of piperazine rings is 1. The van der Waals surface area contributed by atoms with Gasteiger partial charge < -0.3 is 20.9 Å². The minimum Gasteiger partial charge on any atom is -0.368 e. The van der Waals surface area contributed by atoms with Crippen molar-refractivity contribution in [3.63, 3.8) is 0 Å². The lowest BCUT2D eigenvalue weighted by Crippen LogP contribution is -2.47. The van der Waals surface area contributed by atoms with Gasteiger partial charge in [-0.3, -0.25) is 4.79 Å². The molecule has 0 saturated carbocycles. The third-order valence-corrected chi connectivity index (χ3v) is 8.26. The maximum absolute atomic E-state index is 14.6.